The van der Waals surface area contributed by atoms with Crippen molar-refractivity contribution in [3.8, 4) is 0 Å². The fourth-order valence-corrected chi connectivity index (χ4v) is 1.43. The molecule has 0 amide bonds. The van der Waals surface area contributed by atoms with Crippen molar-refractivity contribution >= 4 is 0 Å². The topological polar surface area (TPSA) is 21.7 Å². The maximum Gasteiger partial charge on any atom is 0.0594 e. The van der Waals surface area contributed by atoms with Crippen molar-refractivity contribution in [3.05, 3.63) is 0 Å². The molecular weight excluding hydrogens is 190 g/mol. The minimum Gasteiger partial charge on any atom is -0.385 e. The summed E-state index contributed by atoms with van der Waals surface area (Å²) in [5, 5.41) is 0. The van der Waals surface area contributed by atoms with Gasteiger partial charge in [-0.3, -0.25) is 4.90 Å². The van der Waals surface area contributed by atoms with Crippen molar-refractivity contribution in [2.75, 3.05) is 46.6 Å². The fourth-order valence-electron chi connectivity index (χ4n) is 1.43. The zero-order valence-electron chi connectivity index (χ0n) is 10.6. The highest BCUT2D eigenvalue weighted by molar-refractivity contribution is 4.59. The maximum absolute atomic E-state index is 5.20. The number of morpholine rings is 1. The van der Waals surface area contributed by atoms with Gasteiger partial charge in [-0.05, 0) is 19.4 Å². The molecule has 0 N–H and O–H groups in total. The molecule has 3 nitrogen and oxygen atoms in total. The molecule has 0 saturated carbocycles. The van der Waals surface area contributed by atoms with E-state index in [1.54, 1.807) is 7.11 Å². The molecule has 0 aromatic carbocycles. The van der Waals surface area contributed by atoms with E-state index in [1.165, 1.54) is 25.8 Å². The van der Waals surface area contributed by atoms with Crippen molar-refractivity contribution in [2.24, 2.45) is 0 Å². The second-order valence-electron chi connectivity index (χ2n) is 3.80. The Kier molecular flexibility index (Phi) is 11.9. The highest BCUT2D eigenvalue weighted by Gasteiger charge is 2.07. The van der Waals surface area contributed by atoms with Gasteiger partial charge in [0, 0.05) is 26.8 Å². The van der Waals surface area contributed by atoms with Crippen LogP contribution in [-0.2, 0) is 9.47 Å². The minimum atomic E-state index is 0.913. The lowest BCUT2D eigenvalue weighted by Crippen LogP contribution is -2.36. The third kappa shape index (κ3) is 10.2. The van der Waals surface area contributed by atoms with Crippen LogP contribution in [-0.4, -0.2) is 51.5 Å². The van der Waals surface area contributed by atoms with Crippen molar-refractivity contribution < 1.29 is 9.47 Å². The summed E-state index contributed by atoms with van der Waals surface area (Å²) in [6.07, 6.45) is 3.68. The molecule has 0 spiro atoms. The van der Waals surface area contributed by atoms with Gasteiger partial charge in [0.15, 0.2) is 0 Å². The first-order valence-corrected chi connectivity index (χ1v) is 6.14. The molecule has 0 radical (unpaired) electrons. The zero-order valence-corrected chi connectivity index (χ0v) is 10.6. The predicted octanol–water partition coefficient (Wildman–Crippen LogP) is 2.16. The van der Waals surface area contributed by atoms with Gasteiger partial charge in [-0.2, -0.15) is 0 Å². The fraction of sp³-hybridized carbons (Fsp3) is 1.00. The molecule has 0 bridgehead atoms. The monoisotopic (exact) mass is 217 g/mol. The van der Waals surface area contributed by atoms with Crippen LogP contribution in [0.4, 0.5) is 0 Å². The summed E-state index contributed by atoms with van der Waals surface area (Å²) in [6, 6.07) is 0. The molecule has 1 fully saturated rings. The van der Waals surface area contributed by atoms with E-state index < -0.39 is 0 Å². The van der Waals surface area contributed by atoms with Crippen LogP contribution in [0.2, 0.25) is 0 Å². The van der Waals surface area contributed by atoms with Crippen LogP contribution in [0.25, 0.3) is 0 Å². The summed E-state index contributed by atoms with van der Waals surface area (Å²) < 4.78 is 9.99. The second kappa shape index (κ2) is 12.0. The molecule has 15 heavy (non-hydrogen) atoms. The first kappa shape index (κ1) is 14.9. The van der Waals surface area contributed by atoms with Gasteiger partial charge in [0.2, 0.25) is 0 Å². The SMILES string of the molecule is CCCCOC.CCCN1CCOCC1. The number of rotatable bonds is 5. The normalized spacial score (nSPS) is 17.0. The van der Waals surface area contributed by atoms with Crippen LogP contribution in [0.15, 0.2) is 0 Å². The summed E-state index contributed by atoms with van der Waals surface area (Å²) in [5.74, 6) is 0. The molecular formula is C12H27NO2. The Bertz CT molecular complexity index is 107. The summed E-state index contributed by atoms with van der Waals surface area (Å²) in [4.78, 5) is 2.45. The highest BCUT2D eigenvalue weighted by atomic mass is 16.5. The molecule has 0 atom stereocenters. The summed E-state index contributed by atoms with van der Waals surface area (Å²) in [7, 11) is 1.73. The third-order valence-corrected chi connectivity index (χ3v) is 2.35. The van der Waals surface area contributed by atoms with Gasteiger partial charge in [0.05, 0.1) is 13.2 Å². The number of ether oxygens (including phenoxy) is 2. The number of nitrogens with zero attached hydrogens (tertiary/aromatic N) is 1. The molecule has 1 heterocycles. The standard InChI is InChI=1S/C7H15NO.C5H12O/c1-2-3-8-4-6-9-7-5-8;1-3-4-5-6-2/h2-7H2,1H3;3-5H2,1-2H3. The quantitative estimate of drug-likeness (QED) is 0.659. The first-order valence-electron chi connectivity index (χ1n) is 6.14. The van der Waals surface area contributed by atoms with Gasteiger partial charge in [-0.25, -0.2) is 0 Å². The van der Waals surface area contributed by atoms with E-state index in [-0.39, 0.29) is 0 Å². The summed E-state index contributed by atoms with van der Waals surface area (Å²) >= 11 is 0. The van der Waals surface area contributed by atoms with Crippen molar-refractivity contribution in [2.45, 2.75) is 33.1 Å². The molecule has 1 aliphatic heterocycles. The van der Waals surface area contributed by atoms with Crippen molar-refractivity contribution in [3.63, 3.8) is 0 Å². The molecule has 0 aromatic heterocycles. The largest absolute Gasteiger partial charge is 0.385 e. The molecule has 3 heteroatoms. The average Bonchev–Trinajstić information content (AvgIpc) is 2.29. The van der Waals surface area contributed by atoms with Gasteiger partial charge in [0.25, 0.3) is 0 Å². The molecule has 0 aromatic rings. The molecule has 1 saturated heterocycles. The molecule has 92 valence electrons. The van der Waals surface area contributed by atoms with Crippen molar-refractivity contribution in [1.82, 2.24) is 4.90 Å². The lowest BCUT2D eigenvalue weighted by atomic mass is 10.4. The highest BCUT2D eigenvalue weighted by Crippen LogP contribution is 1.96. The van der Waals surface area contributed by atoms with Crippen LogP contribution in [0.5, 0.6) is 0 Å². The van der Waals surface area contributed by atoms with E-state index in [1.807, 2.05) is 0 Å². The Morgan fingerprint density at radius 2 is 1.80 bits per heavy atom. The zero-order chi connectivity index (χ0) is 11.4. The van der Waals surface area contributed by atoms with E-state index in [4.69, 9.17) is 9.47 Å². The van der Waals surface area contributed by atoms with E-state index in [0.717, 1.165) is 32.9 Å². The van der Waals surface area contributed by atoms with E-state index in [2.05, 4.69) is 18.7 Å². The Hall–Kier alpha value is -0.120. The van der Waals surface area contributed by atoms with Crippen LogP contribution in [0, 0.1) is 0 Å². The van der Waals surface area contributed by atoms with Crippen LogP contribution < -0.4 is 0 Å². The lowest BCUT2D eigenvalue weighted by Gasteiger charge is -2.25. The van der Waals surface area contributed by atoms with E-state index in [0.29, 0.717) is 0 Å². The van der Waals surface area contributed by atoms with Gasteiger partial charge in [-0.15, -0.1) is 0 Å². The Labute approximate surface area is 94.7 Å². The number of unbranched alkanes of at least 4 members (excludes halogenated alkanes) is 1. The molecule has 1 rings (SSSR count). The average molecular weight is 217 g/mol. The summed E-state index contributed by atoms with van der Waals surface area (Å²) in [6.45, 7) is 10.6. The Balaban J connectivity index is 0.000000288. The smallest absolute Gasteiger partial charge is 0.0594 e. The van der Waals surface area contributed by atoms with Crippen molar-refractivity contribution in [1.29, 1.82) is 0 Å². The van der Waals surface area contributed by atoms with Gasteiger partial charge in [-0.1, -0.05) is 20.3 Å². The van der Waals surface area contributed by atoms with E-state index >= 15 is 0 Å². The maximum atomic E-state index is 5.20. The number of methoxy groups -OCH3 is 1. The van der Waals surface area contributed by atoms with Crippen LogP contribution in [0.3, 0.4) is 0 Å². The lowest BCUT2D eigenvalue weighted by molar-refractivity contribution is 0.0380. The minimum absolute atomic E-state index is 0.913. The Morgan fingerprint density at radius 1 is 1.13 bits per heavy atom. The van der Waals surface area contributed by atoms with Gasteiger partial charge >= 0.3 is 0 Å². The third-order valence-electron chi connectivity index (χ3n) is 2.35. The first-order chi connectivity index (χ1) is 7.35. The molecule has 1 aliphatic rings. The van der Waals surface area contributed by atoms with Gasteiger partial charge in [0.1, 0.15) is 0 Å². The second-order valence-corrected chi connectivity index (χ2v) is 3.80. The predicted molar refractivity (Wildman–Crippen MR) is 64.3 cm³/mol. The van der Waals surface area contributed by atoms with Crippen LogP contribution >= 0.6 is 0 Å². The molecule has 0 aliphatic carbocycles. The number of hydrogen-bond donors (Lipinski definition) is 0. The molecule has 0 unspecified atom stereocenters. The summed E-state index contributed by atoms with van der Waals surface area (Å²) in [5.41, 5.74) is 0. The van der Waals surface area contributed by atoms with Gasteiger partial charge < -0.3 is 9.47 Å². The Morgan fingerprint density at radius 3 is 2.20 bits per heavy atom. The van der Waals surface area contributed by atoms with E-state index in [9.17, 15) is 0 Å². The van der Waals surface area contributed by atoms with Crippen LogP contribution in [0.1, 0.15) is 33.1 Å². The number of hydrogen-bond acceptors (Lipinski definition) is 3.